The van der Waals surface area contributed by atoms with Crippen molar-refractivity contribution in [1.82, 2.24) is 14.8 Å². The third kappa shape index (κ3) is 3.76. The van der Waals surface area contributed by atoms with Crippen molar-refractivity contribution < 1.29 is 8.68 Å². The first kappa shape index (κ1) is 19.6. The van der Waals surface area contributed by atoms with Crippen molar-refractivity contribution >= 4 is 61.6 Å². The molecular weight excluding hydrogens is 433 g/mol. The molecule has 0 spiro atoms. The maximum absolute atomic E-state index is 13.0. The predicted octanol–water partition coefficient (Wildman–Crippen LogP) is 4.16. The van der Waals surface area contributed by atoms with Gasteiger partial charge in [-0.1, -0.05) is 17.7 Å². The summed E-state index contributed by atoms with van der Waals surface area (Å²) in [6.45, 7) is 1.93. The summed E-state index contributed by atoms with van der Waals surface area (Å²) in [4.78, 5) is 30.0. The van der Waals surface area contributed by atoms with Crippen LogP contribution in [0.4, 0.5) is 14.0 Å². The molecule has 0 aliphatic carbocycles. The van der Waals surface area contributed by atoms with Gasteiger partial charge < -0.3 is 5.73 Å². The Kier molecular flexibility index (Phi) is 5.35. The van der Waals surface area contributed by atoms with Crippen LogP contribution in [0.25, 0.3) is 16.5 Å². The van der Waals surface area contributed by atoms with Crippen LogP contribution in [0.1, 0.15) is 21.7 Å². The van der Waals surface area contributed by atoms with E-state index >= 15 is 0 Å². The highest BCUT2D eigenvalue weighted by Crippen LogP contribution is 2.28. The molecule has 4 rings (SSSR count). The number of halogens is 1. The number of hydrogen-bond donors (Lipinski definition) is 2. The fourth-order valence-corrected chi connectivity index (χ4v) is 4.60. The SMILES string of the molecule is Cc1ccc(-n2nc(C(=O)Nc3nc(CSF)cs3)c3csc(N)c3c2=O)cc1. The minimum atomic E-state index is -0.525. The van der Waals surface area contributed by atoms with E-state index in [4.69, 9.17) is 5.73 Å². The number of fused-ring (bicyclic) bond motifs is 1. The van der Waals surface area contributed by atoms with E-state index in [0.29, 0.717) is 26.9 Å². The predicted molar refractivity (Wildman–Crippen MR) is 117 cm³/mol. The molecule has 0 saturated heterocycles. The molecular formula is C18H14FN5O2S3. The number of nitrogens with two attached hydrogens (primary N) is 1. The van der Waals surface area contributed by atoms with Gasteiger partial charge >= 0.3 is 0 Å². The fraction of sp³-hybridized carbons (Fsp3) is 0.111. The molecule has 29 heavy (non-hydrogen) atoms. The van der Waals surface area contributed by atoms with Gasteiger partial charge in [0, 0.05) is 16.1 Å². The lowest BCUT2D eigenvalue weighted by molar-refractivity contribution is 0.102. The van der Waals surface area contributed by atoms with Crippen molar-refractivity contribution in [2.24, 2.45) is 0 Å². The van der Waals surface area contributed by atoms with Crippen molar-refractivity contribution in [1.29, 1.82) is 0 Å². The first-order valence-corrected chi connectivity index (χ1v) is 11.0. The first-order chi connectivity index (χ1) is 14.0. The molecule has 7 nitrogen and oxygen atoms in total. The number of nitrogen functional groups attached to an aromatic ring is 1. The molecule has 1 aromatic carbocycles. The van der Waals surface area contributed by atoms with Crippen molar-refractivity contribution in [3.8, 4) is 5.69 Å². The average molecular weight is 448 g/mol. The van der Waals surface area contributed by atoms with E-state index < -0.39 is 11.5 Å². The van der Waals surface area contributed by atoms with Crippen molar-refractivity contribution in [3.63, 3.8) is 0 Å². The second-order valence-electron chi connectivity index (χ2n) is 6.14. The number of carbonyl (C=O) groups is 1. The number of carbonyl (C=O) groups excluding carboxylic acids is 1. The van der Waals surface area contributed by atoms with E-state index in [1.807, 2.05) is 19.1 Å². The van der Waals surface area contributed by atoms with Crippen LogP contribution in [-0.4, -0.2) is 20.7 Å². The zero-order valence-corrected chi connectivity index (χ0v) is 17.5. The zero-order valence-electron chi connectivity index (χ0n) is 15.0. The third-order valence-corrected chi connectivity index (χ3v) is 6.17. The summed E-state index contributed by atoms with van der Waals surface area (Å²) in [5.74, 6) is -0.420. The molecule has 0 saturated carbocycles. The highest BCUT2D eigenvalue weighted by Gasteiger charge is 2.21. The number of nitrogens with zero attached hydrogens (tertiary/aromatic N) is 3. The third-order valence-electron chi connectivity index (χ3n) is 4.15. The second-order valence-corrected chi connectivity index (χ2v) is 8.42. The van der Waals surface area contributed by atoms with Gasteiger partial charge in [-0.15, -0.1) is 22.7 Å². The number of amides is 1. The largest absolute Gasteiger partial charge is 0.390 e. The van der Waals surface area contributed by atoms with Crippen LogP contribution in [0.2, 0.25) is 0 Å². The Balaban J connectivity index is 1.80. The minimum absolute atomic E-state index is 0.0599. The van der Waals surface area contributed by atoms with Gasteiger partial charge in [-0.3, -0.25) is 14.9 Å². The first-order valence-electron chi connectivity index (χ1n) is 8.34. The number of hydrogen-bond acceptors (Lipinski definition) is 8. The van der Waals surface area contributed by atoms with Crippen LogP contribution in [0.15, 0.2) is 39.8 Å². The van der Waals surface area contributed by atoms with E-state index in [2.05, 4.69) is 15.4 Å². The Morgan fingerprint density at radius 2 is 2.03 bits per heavy atom. The summed E-state index contributed by atoms with van der Waals surface area (Å²) in [6, 6.07) is 7.21. The van der Waals surface area contributed by atoms with E-state index in [0.717, 1.165) is 5.56 Å². The van der Waals surface area contributed by atoms with Gasteiger partial charge in [0.15, 0.2) is 10.8 Å². The molecule has 0 aliphatic heterocycles. The fourth-order valence-electron chi connectivity index (χ4n) is 2.74. The van der Waals surface area contributed by atoms with Crippen LogP contribution in [-0.2, 0) is 5.75 Å². The Hall–Kier alpha value is -2.76. The van der Waals surface area contributed by atoms with Gasteiger partial charge in [0.2, 0.25) is 0 Å². The van der Waals surface area contributed by atoms with Crippen LogP contribution in [0, 0.1) is 6.92 Å². The van der Waals surface area contributed by atoms with Crippen LogP contribution in [0.5, 0.6) is 0 Å². The van der Waals surface area contributed by atoms with Gasteiger partial charge in [-0.25, -0.2) is 4.98 Å². The standard InChI is InChI=1S/C18H14FN5O2S3/c1-9-2-4-11(5-3-9)24-17(26)13-12(8-27-15(13)20)14(23-24)16(25)22-18-21-10(6-28-18)7-29-19/h2-6,8H,7,20H2,1H3,(H,21,22,25). The molecule has 148 valence electrons. The molecule has 4 aromatic rings. The summed E-state index contributed by atoms with van der Waals surface area (Å²) in [6.07, 6.45) is 0. The molecule has 3 heterocycles. The molecule has 0 atom stereocenters. The van der Waals surface area contributed by atoms with E-state index in [1.165, 1.54) is 27.4 Å². The lowest BCUT2D eigenvalue weighted by atomic mass is 10.2. The maximum Gasteiger partial charge on any atom is 0.282 e. The number of nitrogens with one attached hydrogen (secondary N) is 1. The number of aromatic nitrogens is 3. The molecule has 0 fully saturated rings. The van der Waals surface area contributed by atoms with Crippen LogP contribution < -0.4 is 16.6 Å². The topological polar surface area (TPSA) is 103 Å². The molecule has 0 radical (unpaired) electrons. The molecule has 0 bridgehead atoms. The van der Waals surface area contributed by atoms with Gasteiger partial charge in [0.1, 0.15) is 0 Å². The summed E-state index contributed by atoms with van der Waals surface area (Å²) in [5, 5.41) is 11.6. The number of thiophene rings is 1. The Labute approximate surface area is 176 Å². The Morgan fingerprint density at radius 3 is 2.76 bits per heavy atom. The summed E-state index contributed by atoms with van der Waals surface area (Å²) < 4.78 is 13.6. The average Bonchev–Trinajstić information content (AvgIpc) is 3.30. The lowest BCUT2D eigenvalue weighted by Crippen LogP contribution is -2.26. The molecule has 3 N–H and O–H groups in total. The zero-order chi connectivity index (χ0) is 20.5. The van der Waals surface area contributed by atoms with Gasteiger partial charge in [0.25, 0.3) is 11.5 Å². The highest BCUT2D eigenvalue weighted by atomic mass is 32.2. The number of rotatable bonds is 5. The number of aryl methyl sites for hydroxylation is 1. The van der Waals surface area contributed by atoms with Crippen molar-refractivity contribution in [2.45, 2.75) is 12.7 Å². The van der Waals surface area contributed by atoms with Crippen LogP contribution >= 0.6 is 34.8 Å². The van der Waals surface area contributed by atoms with Crippen molar-refractivity contribution in [3.05, 3.63) is 62.3 Å². The smallest absolute Gasteiger partial charge is 0.282 e. The molecule has 0 aliphatic rings. The number of thiazole rings is 1. The normalized spacial score (nSPS) is 11.1. The Bertz CT molecular complexity index is 1260. The summed E-state index contributed by atoms with van der Waals surface area (Å²) >= 11 is 2.52. The molecule has 11 heteroatoms. The summed E-state index contributed by atoms with van der Waals surface area (Å²) in [7, 11) is 0. The van der Waals surface area contributed by atoms with Gasteiger partial charge in [-0.05, 0) is 19.1 Å². The van der Waals surface area contributed by atoms with E-state index in [1.54, 1.807) is 22.9 Å². The summed E-state index contributed by atoms with van der Waals surface area (Å²) in [5.41, 5.74) is 7.76. The van der Waals surface area contributed by atoms with Gasteiger partial charge in [0.05, 0.1) is 39.7 Å². The quantitative estimate of drug-likeness (QED) is 0.476. The molecule has 0 unspecified atom stereocenters. The van der Waals surface area contributed by atoms with Crippen LogP contribution in [0.3, 0.4) is 0 Å². The van der Waals surface area contributed by atoms with E-state index in [9.17, 15) is 13.5 Å². The Morgan fingerprint density at radius 1 is 1.28 bits per heavy atom. The second kappa shape index (κ2) is 7.93. The van der Waals surface area contributed by atoms with Gasteiger partial charge in [-0.2, -0.15) is 13.7 Å². The van der Waals surface area contributed by atoms with Crippen molar-refractivity contribution in [2.75, 3.05) is 11.1 Å². The molecule has 1 amide bonds. The van der Waals surface area contributed by atoms with E-state index in [-0.39, 0.29) is 29.0 Å². The monoisotopic (exact) mass is 447 g/mol. The maximum atomic E-state index is 13.0. The number of anilines is 2. The highest BCUT2D eigenvalue weighted by molar-refractivity contribution is 7.93. The molecule has 3 aromatic heterocycles. The lowest BCUT2D eigenvalue weighted by Gasteiger charge is -2.09. The minimum Gasteiger partial charge on any atom is -0.390 e. The number of benzene rings is 1.